The fourth-order valence-corrected chi connectivity index (χ4v) is 2.03. The van der Waals surface area contributed by atoms with E-state index >= 15 is 0 Å². The second-order valence-electron chi connectivity index (χ2n) is 3.27. The normalized spacial score (nSPS) is 12.9. The highest BCUT2D eigenvalue weighted by Gasteiger charge is 2.07. The average Bonchev–Trinajstić information content (AvgIpc) is 2.75. The molecule has 2 aromatic rings. The Kier molecular flexibility index (Phi) is 2.49. The van der Waals surface area contributed by atoms with Crippen molar-refractivity contribution in [3.05, 3.63) is 28.7 Å². The van der Waals surface area contributed by atoms with E-state index in [-0.39, 0.29) is 0 Å². The number of rotatable bonds is 3. The molecule has 0 aromatic carbocycles. The first kappa shape index (κ1) is 9.21. The molecular formula is C9H12N4S. The van der Waals surface area contributed by atoms with E-state index < -0.39 is 0 Å². The van der Waals surface area contributed by atoms with Gasteiger partial charge in [-0.3, -0.25) is 0 Å². The third-order valence-corrected chi connectivity index (χ3v) is 2.82. The first-order valence-electron chi connectivity index (χ1n) is 4.43. The lowest BCUT2D eigenvalue weighted by molar-refractivity contribution is 0.489. The van der Waals surface area contributed by atoms with Crippen LogP contribution in [0.2, 0.25) is 0 Å². The minimum absolute atomic E-state index is 0.300. The maximum absolute atomic E-state index is 5.45. The van der Waals surface area contributed by atoms with Gasteiger partial charge in [-0.25, -0.2) is 9.67 Å². The fourth-order valence-electron chi connectivity index (χ4n) is 1.34. The van der Waals surface area contributed by atoms with E-state index in [0.29, 0.717) is 12.0 Å². The third-order valence-electron chi connectivity index (χ3n) is 2.09. The number of hydrogen-bond acceptors (Lipinski definition) is 4. The van der Waals surface area contributed by atoms with Crippen LogP contribution in [0.15, 0.2) is 23.2 Å². The van der Waals surface area contributed by atoms with Crippen molar-refractivity contribution in [1.29, 1.82) is 0 Å². The zero-order valence-electron chi connectivity index (χ0n) is 7.92. The van der Waals surface area contributed by atoms with Crippen LogP contribution in [0.25, 0.3) is 0 Å². The summed E-state index contributed by atoms with van der Waals surface area (Å²) in [6.45, 7) is 2.10. The lowest BCUT2D eigenvalue weighted by Gasteiger charge is -2.09. The molecule has 74 valence electrons. The second kappa shape index (κ2) is 3.79. The Balaban J connectivity index is 2.06. The van der Waals surface area contributed by atoms with Crippen molar-refractivity contribution in [2.24, 2.45) is 0 Å². The summed E-state index contributed by atoms with van der Waals surface area (Å²) < 4.78 is 1.80. The molecule has 14 heavy (non-hydrogen) atoms. The van der Waals surface area contributed by atoms with Crippen LogP contribution < -0.4 is 5.73 Å². The van der Waals surface area contributed by atoms with E-state index in [0.717, 1.165) is 6.42 Å². The summed E-state index contributed by atoms with van der Waals surface area (Å²) in [6.07, 6.45) is 2.64. The van der Waals surface area contributed by atoms with Crippen molar-refractivity contribution in [3.63, 3.8) is 0 Å². The number of nitrogens with zero attached hydrogens (tertiary/aromatic N) is 3. The maximum atomic E-state index is 5.45. The molecular weight excluding hydrogens is 196 g/mol. The van der Waals surface area contributed by atoms with Crippen molar-refractivity contribution in [2.45, 2.75) is 19.4 Å². The third kappa shape index (κ3) is 1.93. The molecule has 0 spiro atoms. The molecule has 0 bridgehead atoms. The van der Waals surface area contributed by atoms with Gasteiger partial charge in [-0.05, 0) is 35.7 Å². The molecule has 2 rings (SSSR count). The lowest BCUT2D eigenvalue weighted by atomic mass is 10.1. The number of nitrogens with two attached hydrogens (primary N) is 1. The molecule has 0 aliphatic heterocycles. The Morgan fingerprint density at radius 2 is 2.50 bits per heavy atom. The Morgan fingerprint density at radius 3 is 3.07 bits per heavy atom. The van der Waals surface area contributed by atoms with E-state index in [2.05, 4.69) is 33.8 Å². The largest absolute Gasteiger partial charge is 0.367 e. The van der Waals surface area contributed by atoms with E-state index in [9.17, 15) is 0 Å². The van der Waals surface area contributed by atoms with E-state index in [1.54, 1.807) is 22.3 Å². The van der Waals surface area contributed by atoms with E-state index in [1.807, 2.05) is 0 Å². The van der Waals surface area contributed by atoms with Gasteiger partial charge in [0, 0.05) is 0 Å². The maximum Gasteiger partial charge on any atom is 0.239 e. The number of aromatic nitrogens is 3. The minimum Gasteiger partial charge on any atom is -0.367 e. The molecule has 0 saturated heterocycles. The van der Waals surface area contributed by atoms with Gasteiger partial charge in [0.2, 0.25) is 5.95 Å². The average molecular weight is 208 g/mol. The Bertz CT molecular complexity index is 393. The van der Waals surface area contributed by atoms with Crippen LogP contribution in [0, 0.1) is 0 Å². The standard InChI is InChI=1S/C9H12N4S/c1-7(4-8-2-3-14-5-8)13-6-11-9(10)12-13/h2-3,5-7H,4H2,1H3,(H2,10,12). The summed E-state index contributed by atoms with van der Waals surface area (Å²) in [5.74, 6) is 0.335. The van der Waals surface area contributed by atoms with Crippen molar-refractivity contribution in [3.8, 4) is 0 Å². The van der Waals surface area contributed by atoms with Gasteiger partial charge in [0.15, 0.2) is 0 Å². The molecule has 0 radical (unpaired) electrons. The molecule has 2 heterocycles. The van der Waals surface area contributed by atoms with Crippen molar-refractivity contribution in [1.82, 2.24) is 14.8 Å². The Hall–Kier alpha value is -1.36. The zero-order valence-corrected chi connectivity index (χ0v) is 8.74. The molecule has 1 unspecified atom stereocenters. The van der Waals surface area contributed by atoms with Crippen LogP contribution in [0.5, 0.6) is 0 Å². The summed E-state index contributed by atoms with van der Waals surface area (Å²) in [7, 11) is 0. The Labute approximate surface area is 86.4 Å². The van der Waals surface area contributed by atoms with E-state index in [4.69, 9.17) is 5.73 Å². The van der Waals surface area contributed by atoms with Gasteiger partial charge < -0.3 is 5.73 Å². The predicted molar refractivity (Wildman–Crippen MR) is 57.2 cm³/mol. The summed E-state index contributed by atoms with van der Waals surface area (Å²) in [4.78, 5) is 3.90. The quantitative estimate of drug-likeness (QED) is 0.835. The van der Waals surface area contributed by atoms with Crippen LogP contribution in [0.4, 0.5) is 5.95 Å². The van der Waals surface area contributed by atoms with Gasteiger partial charge in [0.1, 0.15) is 6.33 Å². The molecule has 0 saturated carbocycles. The summed E-state index contributed by atoms with van der Waals surface area (Å²) in [5, 5.41) is 8.31. The van der Waals surface area contributed by atoms with Crippen LogP contribution in [-0.4, -0.2) is 14.8 Å². The zero-order chi connectivity index (χ0) is 9.97. The molecule has 5 heteroatoms. The molecule has 4 nitrogen and oxygen atoms in total. The van der Waals surface area contributed by atoms with Gasteiger partial charge in [-0.2, -0.15) is 11.3 Å². The number of hydrogen-bond donors (Lipinski definition) is 1. The van der Waals surface area contributed by atoms with E-state index in [1.165, 1.54) is 5.56 Å². The summed E-state index contributed by atoms with van der Waals surface area (Å²) >= 11 is 1.71. The van der Waals surface area contributed by atoms with Crippen LogP contribution in [0.3, 0.4) is 0 Å². The second-order valence-corrected chi connectivity index (χ2v) is 4.05. The van der Waals surface area contributed by atoms with Gasteiger partial charge in [-0.1, -0.05) is 0 Å². The van der Waals surface area contributed by atoms with Gasteiger partial charge in [-0.15, -0.1) is 5.10 Å². The van der Waals surface area contributed by atoms with Gasteiger partial charge in [0.25, 0.3) is 0 Å². The van der Waals surface area contributed by atoms with Crippen molar-refractivity contribution < 1.29 is 0 Å². The highest BCUT2D eigenvalue weighted by molar-refractivity contribution is 7.07. The molecule has 0 amide bonds. The first-order valence-corrected chi connectivity index (χ1v) is 5.37. The molecule has 0 fully saturated rings. The topological polar surface area (TPSA) is 56.7 Å². The first-order chi connectivity index (χ1) is 6.75. The molecule has 0 aliphatic carbocycles. The Morgan fingerprint density at radius 1 is 1.64 bits per heavy atom. The molecule has 2 aromatic heterocycles. The fraction of sp³-hybridized carbons (Fsp3) is 0.333. The van der Waals surface area contributed by atoms with Crippen molar-refractivity contribution >= 4 is 17.3 Å². The molecule has 1 atom stereocenters. The number of thiophene rings is 1. The lowest BCUT2D eigenvalue weighted by Crippen LogP contribution is -2.08. The molecule has 0 aliphatic rings. The predicted octanol–water partition coefficient (Wildman–Crippen LogP) is 1.73. The minimum atomic E-state index is 0.300. The summed E-state index contributed by atoms with van der Waals surface area (Å²) in [5.41, 5.74) is 6.78. The molecule has 2 N–H and O–H groups in total. The highest BCUT2D eigenvalue weighted by Crippen LogP contribution is 2.15. The van der Waals surface area contributed by atoms with Crippen LogP contribution in [-0.2, 0) is 6.42 Å². The highest BCUT2D eigenvalue weighted by atomic mass is 32.1. The summed E-state index contributed by atoms with van der Waals surface area (Å²) in [6, 6.07) is 2.43. The van der Waals surface area contributed by atoms with Crippen molar-refractivity contribution in [2.75, 3.05) is 5.73 Å². The smallest absolute Gasteiger partial charge is 0.239 e. The number of anilines is 1. The SMILES string of the molecule is CC(Cc1ccsc1)n1cnc(N)n1. The number of nitrogen functional groups attached to an aromatic ring is 1. The van der Waals surface area contributed by atoms with Crippen LogP contribution in [0.1, 0.15) is 18.5 Å². The van der Waals surface area contributed by atoms with Crippen LogP contribution >= 0.6 is 11.3 Å². The monoisotopic (exact) mass is 208 g/mol. The van der Waals surface area contributed by atoms with Gasteiger partial charge >= 0.3 is 0 Å². The van der Waals surface area contributed by atoms with Gasteiger partial charge in [0.05, 0.1) is 6.04 Å².